The Bertz CT molecular complexity index is 693. The zero-order chi connectivity index (χ0) is 20.2. The molecule has 0 bridgehead atoms. The fourth-order valence-electron chi connectivity index (χ4n) is 2.72. The van der Waals surface area contributed by atoms with E-state index in [4.69, 9.17) is 14.1 Å². The van der Waals surface area contributed by atoms with Gasteiger partial charge in [-0.2, -0.15) is 0 Å². The maximum absolute atomic E-state index is 13.2. The summed E-state index contributed by atoms with van der Waals surface area (Å²) in [7, 11) is 4.00. The second-order valence-electron chi connectivity index (χ2n) is 6.66. The summed E-state index contributed by atoms with van der Waals surface area (Å²) in [6, 6.07) is 10.4. The van der Waals surface area contributed by atoms with Crippen molar-refractivity contribution < 1.29 is 13.5 Å². The quantitative estimate of drug-likeness (QED) is 0.205. The standard InChI is InChI=1S/C21H31FN4O2.HI/c1-4-23-21(24-12-6-13-27-16-19-7-5-14-28-19)25-15-20(26(2)3)17-8-10-18(22)11-9-17;/h5,7-11,14,20H,4,6,12-13,15-16H2,1-3H3,(H2,23,24,25);1H. The molecule has 29 heavy (non-hydrogen) atoms. The number of furan rings is 1. The topological polar surface area (TPSA) is 62.0 Å². The van der Waals surface area contributed by atoms with Crippen molar-refractivity contribution >= 4 is 29.9 Å². The monoisotopic (exact) mass is 518 g/mol. The van der Waals surface area contributed by atoms with Crippen molar-refractivity contribution in [3.8, 4) is 0 Å². The van der Waals surface area contributed by atoms with Gasteiger partial charge in [0.05, 0.1) is 18.8 Å². The van der Waals surface area contributed by atoms with E-state index in [0.29, 0.717) is 19.8 Å². The van der Waals surface area contributed by atoms with Crippen LogP contribution in [0.4, 0.5) is 4.39 Å². The van der Waals surface area contributed by atoms with E-state index in [1.165, 1.54) is 12.1 Å². The van der Waals surface area contributed by atoms with E-state index >= 15 is 0 Å². The Balaban J connectivity index is 0.00000420. The van der Waals surface area contributed by atoms with Gasteiger partial charge in [-0.1, -0.05) is 12.1 Å². The maximum Gasteiger partial charge on any atom is 0.191 e. The van der Waals surface area contributed by atoms with Gasteiger partial charge >= 0.3 is 0 Å². The summed E-state index contributed by atoms with van der Waals surface area (Å²) < 4.78 is 24.0. The summed E-state index contributed by atoms with van der Waals surface area (Å²) in [5, 5.41) is 6.58. The summed E-state index contributed by atoms with van der Waals surface area (Å²) in [4.78, 5) is 6.78. The largest absolute Gasteiger partial charge is 0.467 e. The number of guanidine groups is 1. The summed E-state index contributed by atoms with van der Waals surface area (Å²) >= 11 is 0. The van der Waals surface area contributed by atoms with Crippen LogP contribution in [0.15, 0.2) is 52.1 Å². The number of nitrogens with zero attached hydrogens (tertiary/aromatic N) is 2. The lowest BCUT2D eigenvalue weighted by Gasteiger charge is -2.23. The van der Waals surface area contributed by atoms with Crippen LogP contribution >= 0.6 is 24.0 Å². The Morgan fingerprint density at radius 2 is 1.97 bits per heavy atom. The van der Waals surface area contributed by atoms with E-state index in [9.17, 15) is 4.39 Å². The zero-order valence-electron chi connectivity index (χ0n) is 17.4. The molecule has 1 heterocycles. The molecule has 0 saturated carbocycles. The van der Waals surface area contributed by atoms with E-state index in [1.807, 2.05) is 45.3 Å². The zero-order valence-corrected chi connectivity index (χ0v) is 19.7. The highest BCUT2D eigenvalue weighted by atomic mass is 127. The van der Waals surface area contributed by atoms with Crippen LogP contribution < -0.4 is 10.6 Å². The number of hydrogen-bond acceptors (Lipinski definition) is 4. The molecule has 1 aromatic heterocycles. The molecule has 8 heteroatoms. The molecule has 1 aromatic carbocycles. The number of halogens is 2. The number of aliphatic imine (C=N–C) groups is 1. The van der Waals surface area contributed by atoms with Crippen LogP contribution in [0.2, 0.25) is 0 Å². The Labute approximate surface area is 189 Å². The van der Waals surface area contributed by atoms with Gasteiger partial charge in [-0.3, -0.25) is 4.99 Å². The Morgan fingerprint density at radius 3 is 2.59 bits per heavy atom. The summed E-state index contributed by atoms with van der Waals surface area (Å²) in [5.74, 6) is 1.37. The summed E-state index contributed by atoms with van der Waals surface area (Å²) in [6.07, 6.45) is 2.51. The highest BCUT2D eigenvalue weighted by molar-refractivity contribution is 14.0. The molecule has 0 saturated heterocycles. The molecule has 0 spiro atoms. The molecule has 0 amide bonds. The minimum atomic E-state index is -0.228. The number of likely N-dealkylation sites (N-methyl/N-ethyl adjacent to an activating group) is 1. The van der Waals surface area contributed by atoms with Crippen molar-refractivity contribution in [1.82, 2.24) is 15.5 Å². The smallest absolute Gasteiger partial charge is 0.191 e. The SMILES string of the molecule is CCNC(=NCC(c1ccc(F)cc1)N(C)C)NCCCOCc1ccco1.I. The van der Waals surface area contributed by atoms with Crippen molar-refractivity contribution in [2.75, 3.05) is 40.3 Å². The lowest BCUT2D eigenvalue weighted by molar-refractivity contribution is 0.105. The Kier molecular flexibility index (Phi) is 12.6. The number of ether oxygens (including phenoxy) is 1. The first-order chi connectivity index (χ1) is 13.6. The molecule has 6 nitrogen and oxygen atoms in total. The van der Waals surface area contributed by atoms with E-state index in [2.05, 4.69) is 15.5 Å². The second kappa shape index (κ2) is 14.4. The van der Waals surface area contributed by atoms with Gasteiger partial charge in [0, 0.05) is 19.7 Å². The molecule has 0 fully saturated rings. The van der Waals surface area contributed by atoms with Crippen LogP contribution in [0.5, 0.6) is 0 Å². The first-order valence-corrected chi connectivity index (χ1v) is 9.64. The second-order valence-corrected chi connectivity index (χ2v) is 6.66. The number of nitrogens with one attached hydrogen (secondary N) is 2. The highest BCUT2D eigenvalue weighted by Gasteiger charge is 2.14. The van der Waals surface area contributed by atoms with E-state index in [-0.39, 0.29) is 35.8 Å². The lowest BCUT2D eigenvalue weighted by atomic mass is 10.1. The van der Waals surface area contributed by atoms with Crippen LogP contribution in [0, 0.1) is 5.82 Å². The van der Waals surface area contributed by atoms with Gasteiger partial charge in [-0.25, -0.2) is 4.39 Å². The van der Waals surface area contributed by atoms with Crippen LogP contribution in [0.3, 0.4) is 0 Å². The van der Waals surface area contributed by atoms with E-state index in [1.54, 1.807) is 6.26 Å². The first kappa shape index (κ1) is 25.4. The number of benzene rings is 1. The van der Waals surface area contributed by atoms with Gasteiger partial charge in [0.2, 0.25) is 0 Å². The van der Waals surface area contributed by atoms with Crippen molar-refractivity contribution in [2.24, 2.45) is 4.99 Å². The Hall–Kier alpha value is -1.65. The molecule has 162 valence electrons. The molecular formula is C21H32FIN4O2. The molecule has 1 atom stereocenters. The summed E-state index contributed by atoms with van der Waals surface area (Å²) in [6.45, 7) is 5.28. The van der Waals surface area contributed by atoms with Gasteiger partial charge in [0.25, 0.3) is 0 Å². The normalized spacial score (nSPS) is 12.5. The molecule has 0 aliphatic carbocycles. The lowest BCUT2D eigenvalue weighted by Crippen LogP contribution is -2.38. The van der Waals surface area contributed by atoms with Crippen molar-refractivity contribution in [1.29, 1.82) is 0 Å². The van der Waals surface area contributed by atoms with Gasteiger partial charge in [-0.05, 0) is 57.3 Å². The molecule has 1 unspecified atom stereocenters. The van der Waals surface area contributed by atoms with Gasteiger partial charge < -0.3 is 24.7 Å². The third-order valence-corrected chi connectivity index (χ3v) is 4.23. The first-order valence-electron chi connectivity index (χ1n) is 9.64. The average molecular weight is 518 g/mol. The fraction of sp³-hybridized carbons (Fsp3) is 0.476. The van der Waals surface area contributed by atoms with Crippen LogP contribution in [-0.2, 0) is 11.3 Å². The van der Waals surface area contributed by atoms with Crippen LogP contribution in [0.1, 0.15) is 30.7 Å². The summed E-state index contributed by atoms with van der Waals surface area (Å²) in [5.41, 5.74) is 1.04. The molecule has 2 aromatic rings. The fourth-order valence-corrected chi connectivity index (χ4v) is 2.72. The predicted molar refractivity (Wildman–Crippen MR) is 125 cm³/mol. The molecule has 0 radical (unpaired) electrons. The number of hydrogen-bond donors (Lipinski definition) is 2. The van der Waals surface area contributed by atoms with Gasteiger partial charge in [-0.15, -0.1) is 24.0 Å². The third-order valence-electron chi connectivity index (χ3n) is 4.23. The van der Waals surface area contributed by atoms with E-state index < -0.39 is 0 Å². The minimum Gasteiger partial charge on any atom is -0.467 e. The van der Waals surface area contributed by atoms with Crippen molar-refractivity contribution in [3.63, 3.8) is 0 Å². The van der Waals surface area contributed by atoms with Crippen molar-refractivity contribution in [3.05, 3.63) is 59.8 Å². The van der Waals surface area contributed by atoms with Gasteiger partial charge in [0.15, 0.2) is 5.96 Å². The highest BCUT2D eigenvalue weighted by Crippen LogP contribution is 2.18. The predicted octanol–water partition coefficient (Wildman–Crippen LogP) is 3.80. The molecule has 0 aliphatic rings. The van der Waals surface area contributed by atoms with E-state index in [0.717, 1.165) is 36.8 Å². The van der Waals surface area contributed by atoms with Gasteiger partial charge in [0.1, 0.15) is 18.2 Å². The number of rotatable bonds is 11. The molecular weight excluding hydrogens is 486 g/mol. The molecule has 2 rings (SSSR count). The third kappa shape index (κ3) is 9.60. The average Bonchev–Trinajstić information content (AvgIpc) is 3.19. The van der Waals surface area contributed by atoms with Crippen LogP contribution in [-0.4, -0.2) is 51.2 Å². The molecule has 2 N–H and O–H groups in total. The maximum atomic E-state index is 13.2. The molecule has 0 aliphatic heterocycles. The van der Waals surface area contributed by atoms with Crippen molar-refractivity contribution in [2.45, 2.75) is 26.0 Å². The van der Waals surface area contributed by atoms with Crippen LogP contribution in [0.25, 0.3) is 0 Å². The minimum absolute atomic E-state index is 0. The Morgan fingerprint density at radius 1 is 1.21 bits per heavy atom.